The van der Waals surface area contributed by atoms with Crippen LogP contribution in [0, 0.1) is 30.2 Å². The lowest BCUT2D eigenvalue weighted by atomic mass is 9.99. The molecule has 0 saturated carbocycles. The molecule has 0 radical (unpaired) electrons. The molecule has 0 aliphatic carbocycles. The van der Waals surface area contributed by atoms with Crippen molar-refractivity contribution >= 4 is 22.6 Å². The van der Waals surface area contributed by atoms with Crippen molar-refractivity contribution in [3.8, 4) is 11.3 Å². The predicted octanol–water partition coefficient (Wildman–Crippen LogP) is 3.18. The van der Waals surface area contributed by atoms with E-state index in [0.29, 0.717) is 12.1 Å². The predicted molar refractivity (Wildman–Crippen MR) is 91.9 cm³/mol. The van der Waals surface area contributed by atoms with Crippen molar-refractivity contribution in [2.45, 2.75) is 6.92 Å². The van der Waals surface area contributed by atoms with Gasteiger partial charge in [0, 0.05) is 28.5 Å². The van der Waals surface area contributed by atoms with Crippen molar-refractivity contribution in [1.82, 2.24) is 4.98 Å². The molecule has 0 unspecified atom stereocenters. The summed E-state index contributed by atoms with van der Waals surface area (Å²) in [4.78, 5) is 19.3. The van der Waals surface area contributed by atoms with Crippen LogP contribution in [0.5, 0.6) is 0 Å². The van der Waals surface area contributed by atoms with Gasteiger partial charge in [-0.05, 0) is 19.1 Å². The number of nitrogens with zero attached hydrogens (tertiary/aromatic N) is 2. The lowest BCUT2D eigenvalue weighted by Crippen LogP contribution is -2.24. The first-order chi connectivity index (χ1) is 12.7. The van der Waals surface area contributed by atoms with Crippen LogP contribution in [0.1, 0.15) is 16.1 Å². The Hall–Kier alpha value is -3.49. The third-order valence-corrected chi connectivity index (χ3v) is 3.83. The fourth-order valence-corrected chi connectivity index (χ4v) is 2.68. The largest absolute Gasteiger partial charge is 0.370 e. The maximum absolute atomic E-state index is 14.4. The van der Waals surface area contributed by atoms with Crippen LogP contribution >= 0.6 is 0 Å². The van der Waals surface area contributed by atoms with Crippen LogP contribution in [0.2, 0.25) is 0 Å². The highest BCUT2D eigenvalue weighted by Crippen LogP contribution is 2.34. The number of hydrogen-bond acceptors (Lipinski definition) is 2. The van der Waals surface area contributed by atoms with Gasteiger partial charge in [-0.25, -0.2) is 22.5 Å². The molecule has 138 valence electrons. The SMILES string of the molecule is Cc1nc(-c2c(F)cc(F)cc2F)c2cc(C(=O)N=C(N)N)ccc2c1F. The summed E-state index contributed by atoms with van der Waals surface area (Å²) in [7, 11) is 0. The molecule has 4 N–H and O–H groups in total. The van der Waals surface area contributed by atoms with Gasteiger partial charge in [-0.3, -0.25) is 4.79 Å². The molecular formula is C18H12F4N4O. The molecule has 0 saturated heterocycles. The molecule has 0 aliphatic heterocycles. The van der Waals surface area contributed by atoms with E-state index in [2.05, 4.69) is 9.98 Å². The summed E-state index contributed by atoms with van der Waals surface area (Å²) in [5, 5.41) is -0.0824. The molecular weight excluding hydrogens is 364 g/mol. The second-order valence-electron chi connectivity index (χ2n) is 5.71. The summed E-state index contributed by atoms with van der Waals surface area (Å²) in [6.07, 6.45) is 0. The van der Waals surface area contributed by atoms with E-state index in [4.69, 9.17) is 11.5 Å². The minimum absolute atomic E-state index is 0.0260. The highest BCUT2D eigenvalue weighted by Gasteiger charge is 2.21. The number of aryl methyl sites for hydroxylation is 1. The van der Waals surface area contributed by atoms with E-state index in [1.807, 2.05) is 0 Å². The maximum atomic E-state index is 14.4. The minimum atomic E-state index is -1.21. The van der Waals surface area contributed by atoms with E-state index in [1.54, 1.807) is 0 Å². The van der Waals surface area contributed by atoms with Crippen molar-refractivity contribution in [3.05, 3.63) is 64.9 Å². The Labute approximate surface area is 150 Å². The Kier molecular flexibility index (Phi) is 4.52. The number of pyridine rings is 1. The van der Waals surface area contributed by atoms with Gasteiger partial charge in [-0.15, -0.1) is 0 Å². The average Bonchev–Trinajstić information content (AvgIpc) is 2.57. The van der Waals surface area contributed by atoms with Crippen molar-refractivity contribution in [2.75, 3.05) is 0 Å². The fraction of sp³-hybridized carbons (Fsp3) is 0.0556. The molecule has 5 nitrogen and oxygen atoms in total. The molecule has 0 aliphatic rings. The second kappa shape index (κ2) is 6.67. The molecule has 2 aromatic carbocycles. The minimum Gasteiger partial charge on any atom is -0.370 e. The van der Waals surface area contributed by atoms with Crippen molar-refractivity contribution in [1.29, 1.82) is 0 Å². The summed E-state index contributed by atoms with van der Waals surface area (Å²) in [6.45, 7) is 1.32. The first-order valence-electron chi connectivity index (χ1n) is 7.57. The van der Waals surface area contributed by atoms with Gasteiger partial charge >= 0.3 is 0 Å². The average molecular weight is 376 g/mol. The van der Waals surface area contributed by atoms with E-state index in [1.165, 1.54) is 19.1 Å². The van der Waals surface area contributed by atoms with Crippen LogP contribution < -0.4 is 11.5 Å². The third-order valence-electron chi connectivity index (χ3n) is 3.83. The number of aliphatic imine (C=N–C) groups is 1. The Morgan fingerprint density at radius 1 is 1.00 bits per heavy atom. The normalized spacial score (nSPS) is 10.9. The number of carbonyl (C=O) groups is 1. The van der Waals surface area contributed by atoms with E-state index < -0.39 is 40.7 Å². The number of aromatic nitrogens is 1. The van der Waals surface area contributed by atoms with Gasteiger partial charge in [0.2, 0.25) is 0 Å². The molecule has 0 bridgehead atoms. The molecule has 0 atom stereocenters. The van der Waals surface area contributed by atoms with Crippen molar-refractivity contribution in [3.63, 3.8) is 0 Å². The molecule has 0 spiro atoms. The van der Waals surface area contributed by atoms with Crippen molar-refractivity contribution in [2.24, 2.45) is 16.5 Å². The Balaban J connectivity index is 2.37. The maximum Gasteiger partial charge on any atom is 0.280 e. The number of amides is 1. The van der Waals surface area contributed by atoms with Gasteiger partial charge in [0.25, 0.3) is 5.91 Å². The zero-order chi connectivity index (χ0) is 19.9. The van der Waals surface area contributed by atoms with Gasteiger partial charge in [0.15, 0.2) is 11.8 Å². The second-order valence-corrected chi connectivity index (χ2v) is 5.71. The molecule has 1 heterocycles. The zero-order valence-electron chi connectivity index (χ0n) is 13.9. The summed E-state index contributed by atoms with van der Waals surface area (Å²) in [6, 6.07) is 4.65. The molecule has 1 amide bonds. The van der Waals surface area contributed by atoms with Crippen LogP contribution in [0.25, 0.3) is 22.0 Å². The number of fused-ring (bicyclic) bond motifs is 1. The van der Waals surface area contributed by atoms with E-state index in [9.17, 15) is 22.4 Å². The number of benzene rings is 2. The monoisotopic (exact) mass is 376 g/mol. The summed E-state index contributed by atoms with van der Waals surface area (Å²) >= 11 is 0. The highest BCUT2D eigenvalue weighted by atomic mass is 19.1. The van der Waals surface area contributed by atoms with Crippen LogP contribution in [-0.4, -0.2) is 16.9 Å². The number of halogens is 4. The standard InChI is InChI=1S/C18H12F4N4O/c1-7-15(22)10-3-2-8(17(27)26-18(23)24)4-11(10)16(25-7)14-12(20)5-9(19)6-13(14)21/h2-6H,1H3,(H4,23,24,26,27). The zero-order valence-corrected chi connectivity index (χ0v) is 13.9. The van der Waals surface area contributed by atoms with Gasteiger partial charge in [0.1, 0.15) is 17.5 Å². The number of hydrogen-bond donors (Lipinski definition) is 2. The summed E-state index contributed by atoms with van der Waals surface area (Å²) in [5.41, 5.74) is 9.23. The number of rotatable bonds is 2. The lowest BCUT2D eigenvalue weighted by Gasteiger charge is -2.12. The Morgan fingerprint density at radius 2 is 1.63 bits per heavy atom. The van der Waals surface area contributed by atoms with E-state index in [-0.39, 0.29) is 27.7 Å². The summed E-state index contributed by atoms with van der Waals surface area (Å²) in [5.74, 6) is -5.58. The molecule has 0 fully saturated rings. The van der Waals surface area contributed by atoms with Crippen molar-refractivity contribution < 1.29 is 22.4 Å². The van der Waals surface area contributed by atoms with Gasteiger partial charge in [-0.2, -0.15) is 4.99 Å². The van der Waals surface area contributed by atoms with Crippen LogP contribution in [0.3, 0.4) is 0 Å². The third kappa shape index (κ3) is 3.31. The lowest BCUT2D eigenvalue weighted by molar-refractivity contribution is 0.100. The Morgan fingerprint density at radius 3 is 2.22 bits per heavy atom. The molecule has 9 heteroatoms. The quantitative estimate of drug-likeness (QED) is 0.408. The van der Waals surface area contributed by atoms with E-state index in [0.717, 1.165) is 6.07 Å². The van der Waals surface area contributed by atoms with Gasteiger partial charge in [-0.1, -0.05) is 6.07 Å². The number of guanidine groups is 1. The molecule has 3 rings (SSSR count). The van der Waals surface area contributed by atoms with Crippen LogP contribution in [0.4, 0.5) is 17.6 Å². The molecule has 27 heavy (non-hydrogen) atoms. The number of nitrogens with two attached hydrogens (primary N) is 2. The first-order valence-corrected chi connectivity index (χ1v) is 7.57. The topological polar surface area (TPSA) is 94.4 Å². The van der Waals surface area contributed by atoms with Gasteiger partial charge in [0.05, 0.1) is 17.0 Å². The Bertz CT molecular complexity index is 1100. The fourth-order valence-electron chi connectivity index (χ4n) is 2.68. The number of carbonyl (C=O) groups excluding carboxylic acids is 1. The van der Waals surface area contributed by atoms with E-state index >= 15 is 0 Å². The molecule has 1 aromatic heterocycles. The smallest absolute Gasteiger partial charge is 0.280 e. The van der Waals surface area contributed by atoms with Gasteiger partial charge < -0.3 is 11.5 Å². The molecule has 3 aromatic rings. The summed E-state index contributed by atoms with van der Waals surface area (Å²) < 4.78 is 56.2. The highest BCUT2D eigenvalue weighted by molar-refractivity contribution is 6.06. The van der Waals surface area contributed by atoms with Crippen LogP contribution in [-0.2, 0) is 0 Å². The first kappa shape index (κ1) is 18.3. The van der Waals surface area contributed by atoms with Crippen LogP contribution in [0.15, 0.2) is 35.3 Å².